The summed E-state index contributed by atoms with van der Waals surface area (Å²) in [6, 6.07) is 7.37. The highest BCUT2D eigenvalue weighted by Crippen LogP contribution is 2.33. The van der Waals surface area contributed by atoms with Gasteiger partial charge in [-0.1, -0.05) is 19.9 Å². The molecule has 2 amide bonds. The van der Waals surface area contributed by atoms with Gasteiger partial charge in [0.15, 0.2) is 0 Å². The number of nitrogens with one attached hydrogen (secondary N) is 1. The van der Waals surface area contributed by atoms with Gasteiger partial charge in [-0.3, -0.25) is 0 Å². The van der Waals surface area contributed by atoms with Crippen molar-refractivity contribution in [2.75, 3.05) is 55.0 Å². The minimum atomic E-state index is -0.101. The van der Waals surface area contributed by atoms with Gasteiger partial charge in [0.2, 0.25) is 5.95 Å². The third-order valence-electron chi connectivity index (χ3n) is 7.78. The number of anilines is 3. The van der Waals surface area contributed by atoms with Crippen LogP contribution in [-0.4, -0.2) is 60.7 Å². The molecule has 3 aliphatic rings. The van der Waals surface area contributed by atoms with Gasteiger partial charge in [-0.25, -0.2) is 9.78 Å². The van der Waals surface area contributed by atoms with Crippen molar-refractivity contribution in [3.8, 4) is 5.75 Å². The number of methoxy groups -OCH3 is 1. The second-order valence-corrected chi connectivity index (χ2v) is 10.4. The van der Waals surface area contributed by atoms with Gasteiger partial charge in [0.1, 0.15) is 11.6 Å². The van der Waals surface area contributed by atoms with Gasteiger partial charge in [0, 0.05) is 56.5 Å². The van der Waals surface area contributed by atoms with Crippen LogP contribution in [0.15, 0.2) is 24.3 Å². The normalized spacial score (nSPS) is 19.5. The van der Waals surface area contributed by atoms with Crippen LogP contribution in [0.3, 0.4) is 0 Å². The molecule has 8 heteroatoms. The van der Waals surface area contributed by atoms with Crippen LogP contribution in [0.5, 0.6) is 5.75 Å². The van der Waals surface area contributed by atoms with Gasteiger partial charge in [-0.15, -0.1) is 0 Å². The minimum absolute atomic E-state index is 0.101. The Morgan fingerprint density at radius 2 is 1.66 bits per heavy atom. The Morgan fingerprint density at radius 1 is 0.971 bits per heavy atom. The van der Waals surface area contributed by atoms with E-state index >= 15 is 0 Å². The molecule has 0 atom stereocenters. The maximum atomic E-state index is 13.2. The van der Waals surface area contributed by atoms with Crippen LogP contribution in [-0.2, 0) is 13.0 Å². The van der Waals surface area contributed by atoms with Crippen LogP contribution in [0.25, 0.3) is 0 Å². The molecular formula is C27H38N6O2. The van der Waals surface area contributed by atoms with E-state index in [1.54, 1.807) is 7.11 Å². The zero-order valence-corrected chi connectivity index (χ0v) is 21.3. The number of aromatic nitrogens is 2. The van der Waals surface area contributed by atoms with Crippen LogP contribution in [0.1, 0.15) is 50.8 Å². The standard InChI is InChI=1S/C27H38N6O2/c1-19-7-12-31(13-8-19)25-23-18-33(27(34)28-21-5-4-6-22(17-21)35-3)16-11-24(23)29-26(30-25)32-14-9-20(2)10-15-32/h4-6,17,19-20H,7-16,18H2,1-3H3,(H,28,34). The van der Waals surface area contributed by atoms with E-state index in [1.165, 1.54) is 25.7 Å². The summed E-state index contributed by atoms with van der Waals surface area (Å²) in [6.45, 7) is 9.90. The number of amides is 2. The van der Waals surface area contributed by atoms with E-state index in [9.17, 15) is 4.79 Å². The number of urea groups is 1. The molecule has 0 radical (unpaired) electrons. The van der Waals surface area contributed by atoms with E-state index in [2.05, 4.69) is 29.0 Å². The first-order valence-electron chi connectivity index (χ1n) is 13.1. The number of carbonyl (C=O) groups is 1. The molecule has 2 saturated heterocycles. The molecule has 1 N–H and O–H groups in total. The van der Waals surface area contributed by atoms with Crippen molar-refractivity contribution >= 4 is 23.5 Å². The van der Waals surface area contributed by atoms with Gasteiger partial charge >= 0.3 is 6.03 Å². The van der Waals surface area contributed by atoms with E-state index in [4.69, 9.17) is 14.7 Å². The molecule has 1 aromatic heterocycles. The molecule has 0 spiro atoms. The van der Waals surface area contributed by atoms with Crippen LogP contribution in [0, 0.1) is 11.8 Å². The zero-order chi connectivity index (χ0) is 24.4. The summed E-state index contributed by atoms with van der Waals surface area (Å²) >= 11 is 0. The average Bonchev–Trinajstić information content (AvgIpc) is 2.89. The maximum Gasteiger partial charge on any atom is 0.322 e. The van der Waals surface area contributed by atoms with Crippen molar-refractivity contribution < 1.29 is 9.53 Å². The predicted molar refractivity (Wildman–Crippen MR) is 139 cm³/mol. The maximum absolute atomic E-state index is 13.2. The zero-order valence-electron chi connectivity index (χ0n) is 21.3. The summed E-state index contributed by atoms with van der Waals surface area (Å²) in [5, 5.41) is 3.03. The summed E-state index contributed by atoms with van der Waals surface area (Å²) in [7, 11) is 1.63. The Bertz CT molecular complexity index is 1040. The van der Waals surface area contributed by atoms with Gasteiger partial charge in [0.05, 0.1) is 19.3 Å². The van der Waals surface area contributed by atoms with Crippen LogP contribution >= 0.6 is 0 Å². The molecular weight excluding hydrogens is 440 g/mol. The lowest BCUT2D eigenvalue weighted by atomic mass is 9.98. The van der Waals surface area contributed by atoms with E-state index in [1.807, 2.05) is 29.2 Å². The number of carbonyl (C=O) groups excluding carboxylic acids is 1. The van der Waals surface area contributed by atoms with Crippen molar-refractivity contribution in [1.29, 1.82) is 0 Å². The summed E-state index contributed by atoms with van der Waals surface area (Å²) < 4.78 is 5.29. The first-order valence-corrected chi connectivity index (χ1v) is 13.1. The number of fused-ring (bicyclic) bond motifs is 1. The number of hydrogen-bond donors (Lipinski definition) is 1. The van der Waals surface area contributed by atoms with Crippen molar-refractivity contribution in [2.24, 2.45) is 11.8 Å². The van der Waals surface area contributed by atoms with Gasteiger partial charge < -0.3 is 24.8 Å². The molecule has 0 aliphatic carbocycles. The fourth-order valence-electron chi connectivity index (χ4n) is 5.29. The molecule has 5 rings (SSSR count). The molecule has 1 aromatic carbocycles. The highest BCUT2D eigenvalue weighted by atomic mass is 16.5. The van der Waals surface area contributed by atoms with Crippen LogP contribution in [0.4, 0.5) is 22.2 Å². The van der Waals surface area contributed by atoms with Gasteiger partial charge in [0.25, 0.3) is 0 Å². The summed E-state index contributed by atoms with van der Waals surface area (Å²) in [5.74, 6) is 4.15. The third kappa shape index (κ3) is 5.31. The summed E-state index contributed by atoms with van der Waals surface area (Å²) in [6.07, 6.45) is 5.48. The van der Waals surface area contributed by atoms with Crippen molar-refractivity contribution in [3.05, 3.63) is 35.5 Å². The monoisotopic (exact) mass is 478 g/mol. The number of piperidine rings is 2. The molecule has 4 heterocycles. The van der Waals surface area contributed by atoms with E-state index in [0.717, 1.165) is 78.9 Å². The SMILES string of the molecule is COc1cccc(NC(=O)N2CCc3nc(N4CCC(C)CC4)nc(N4CCC(C)CC4)c3C2)c1. The number of nitrogens with zero attached hydrogens (tertiary/aromatic N) is 5. The van der Waals surface area contributed by atoms with Gasteiger partial charge in [-0.2, -0.15) is 4.98 Å². The third-order valence-corrected chi connectivity index (χ3v) is 7.78. The first-order chi connectivity index (χ1) is 17.0. The Morgan fingerprint density at radius 3 is 2.34 bits per heavy atom. The fourth-order valence-corrected chi connectivity index (χ4v) is 5.29. The average molecular weight is 479 g/mol. The topological polar surface area (TPSA) is 73.8 Å². The smallest absolute Gasteiger partial charge is 0.322 e. The summed E-state index contributed by atoms with van der Waals surface area (Å²) in [4.78, 5) is 30.0. The molecule has 35 heavy (non-hydrogen) atoms. The highest BCUT2D eigenvalue weighted by molar-refractivity contribution is 5.89. The molecule has 188 valence electrons. The van der Waals surface area contributed by atoms with E-state index in [-0.39, 0.29) is 6.03 Å². The molecule has 0 bridgehead atoms. The predicted octanol–water partition coefficient (Wildman–Crippen LogP) is 4.55. The number of ether oxygens (including phenoxy) is 1. The Labute approximate surface area is 208 Å². The quantitative estimate of drug-likeness (QED) is 0.695. The van der Waals surface area contributed by atoms with Gasteiger partial charge in [-0.05, 0) is 49.7 Å². The Kier molecular flexibility index (Phi) is 6.97. The highest BCUT2D eigenvalue weighted by Gasteiger charge is 2.30. The summed E-state index contributed by atoms with van der Waals surface area (Å²) in [5.41, 5.74) is 2.95. The largest absolute Gasteiger partial charge is 0.497 e. The lowest BCUT2D eigenvalue weighted by molar-refractivity contribution is 0.206. The Balaban J connectivity index is 1.39. The number of hydrogen-bond acceptors (Lipinski definition) is 6. The second-order valence-electron chi connectivity index (χ2n) is 10.4. The molecule has 8 nitrogen and oxygen atoms in total. The number of rotatable bonds is 4. The second kappa shape index (κ2) is 10.3. The molecule has 3 aliphatic heterocycles. The number of benzene rings is 1. The fraction of sp³-hybridized carbons (Fsp3) is 0.593. The molecule has 2 fully saturated rings. The van der Waals surface area contributed by atoms with Crippen molar-refractivity contribution in [3.63, 3.8) is 0 Å². The van der Waals surface area contributed by atoms with E-state index < -0.39 is 0 Å². The Hall–Kier alpha value is -3.03. The van der Waals surface area contributed by atoms with Crippen LogP contribution < -0.4 is 19.9 Å². The first kappa shape index (κ1) is 23.7. The van der Waals surface area contributed by atoms with Crippen molar-refractivity contribution in [2.45, 2.75) is 52.5 Å². The molecule has 0 saturated carbocycles. The molecule has 2 aromatic rings. The minimum Gasteiger partial charge on any atom is -0.497 e. The lowest BCUT2D eigenvalue weighted by Crippen LogP contribution is -2.42. The van der Waals surface area contributed by atoms with E-state index in [0.29, 0.717) is 13.1 Å². The van der Waals surface area contributed by atoms with Crippen LogP contribution in [0.2, 0.25) is 0 Å². The molecule has 0 unspecified atom stereocenters. The lowest BCUT2D eigenvalue weighted by Gasteiger charge is -2.37. The van der Waals surface area contributed by atoms with Crippen molar-refractivity contribution in [1.82, 2.24) is 14.9 Å².